The Morgan fingerprint density at radius 2 is 1.88 bits per heavy atom. The number of nitrogens with one attached hydrogen (secondary N) is 1. The maximum atomic E-state index is 12.0. The summed E-state index contributed by atoms with van der Waals surface area (Å²) in [6.45, 7) is 0. The second-order valence-corrected chi connectivity index (χ2v) is 6.12. The molecule has 1 heterocycles. The van der Waals surface area contributed by atoms with Crippen LogP contribution in [0.15, 0.2) is 53.7 Å². The van der Waals surface area contributed by atoms with Gasteiger partial charge in [-0.1, -0.05) is 12.1 Å². The number of rotatable bonds is 3. The van der Waals surface area contributed by atoms with Crippen LogP contribution in [-0.4, -0.2) is 13.4 Å². The van der Waals surface area contributed by atoms with Crippen LogP contribution in [0.1, 0.15) is 0 Å². The number of hydrogen-bond acceptors (Lipinski definition) is 3. The van der Waals surface area contributed by atoms with Crippen LogP contribution >= 0.6 is 22.6 Å². The lowest BCUT2D eigenvalue weighted by Gasteiger charge is -2.08. The highest BCUT2D eigenvalue weighted by molar-refractivity contribution is 14.1. The molecule has 0 radical (unpaired) electrons. The van der Waals surface area contributed by atoms with Crippen LogP contribution in [0, 0.1) is 3.57 Å². The highest BCUT2D eigenvalue weighted by Gasteiger charge is 2.14. The summed E-state index contributed by atoms with van der Waals surface area (Å²) in [6.07, 6.45) is 2.85. The predicted octanol–water partition coefficient (Wildman–Crippen LogP) is 2.49. The van der Waals surface area contributed by atoms with E-state index in [0.29, 0.717) is 5.69 Å². The summed E-state index contributed by atoms with van der Waals surface area (Å²) in [5.41, 5.74) is 0.567. The highest BCUT2D eigenvalue weighted by Crippen LogP contribution is 2.20. The van der Waals surface area contributed by atoms with E-state index in [9.17, 15) is 8.42 Å². The first kappa shape index (κ1) is 12.3. The molecule has 1 aromatic carbocycles. The van der Waals surface area contributed by atoms with Crippen molar-refractivity contribution in [2.24, 2.45) is 0 Å². The number of anilines is 1. The molecule has 0 bridgehead atoms. The first-order valence-electron chi connectivity index (χ1n) is 4.77. The van der Waals surface area contributed by atoms with Gasteiger partial charge in [-0.2, -0.15) is 0 Å². The number of halogens is 1. The third-order valence-corrected chi connectivity index (χ3v) is 4.35. The molecule has 0 saturated carbocycles. The van der Waals surface area contributed by atoms with Crippen LogP contribution in [0.25, 0.3) is 0 Å². The standard InChI is InChI=1S/C11H9IN2O2S/c12-10-5-1-2-6-11(10)14-17(15,16)9-4-3-7-13-8-9/h1-8,14H. The molecule has 0 aliphatic rings. The minimum absolute atomic E-state index is 0.152. The van der Waals surface area contributed by atoms with Crippen LogP contribution in [0.5, 0.6) is 0 Å². The van der Waals surface area contributed by atoms with Crippen molar-refractivity contribution in [2.45, 2.75) is 4.90 Å². The number of hydrogen-bond donors (Lipinski definition) is 1. The molecule has 88 valence electrons. The molecule has 4 nitrogen and oxygen atoms in total. The lowest BCUT2D eigenvalue weighted by molar-refractivity contribution is 0.601. The molecule has 0 fully saturated rings. The lowest BCUT2D eigenvalue weighted by atomic mass is 10.3. The molecule has 2 rings (SSSR count). The van der Waals surface area contributed by atoms with E-state index in [-0.39, 0.29) is 4.90 Å². The van der Waals surface area contributed by atoms with Gasteiger partial charge in [0.15, 0.2) is 0 Å². The van der Waals surface area contributed by atoms with Gasteiger partial charge < -0.3 is 0 Å². The molecule has 0 aliphatic heterocycles. The predicted molar refractivity (Wildman–Crippen MR) is 74.2 cm³/mol. The molecule has 17 heavy (non-hydrogen) atoms. The Labute approximate surface area is 113 Å². The maximum Gasteiger partial charge on any atom is 0.263 e. The number of sulfonamides is 1. The molecule has 0 spiro atoms. The van der Waals surface area contributed by atoms with Crippen molar-refractivity contribution in [1.29, 1.82) is 0 Å². The van der Waals surface area contributed by atoms with Gasteiger partial charge >= 0.3 is 0 Å². The number of benzene rings is 1. The van der Waals surface area contributed by atoms with Gasteiger partial charge in [0.2, 0.25) is 0 Å². The van der Waals surface area contributed by atoms with Crippen LogP contribution in [0.2, 0.25) is 0 Å². The fourth-order valence-electron chi connectivity index (χ4n) is 1.25. The largest absolute Gasteiger partial charge is 0.279 e. The summed E-state index contributed by atoms with van der Waals surface area (Å²) in [5, 5.41) is 0. The zero-order valence-electron chi connectivity index (χ0n) is 8.67. The van der Waals surface area contributed by atoms with E-state index in [4.69, 9.17) is 0 Å². The summed E-state index contributed by atoms with van der Waals surface area (Å²) < 4.78 is 27.4. The Bertz CT molecular complexity index is 614. The molecule has 2 aromatic rings. The van der Waals surface area contributed by atoms with E-state index in [2.05, 4.69) is 32.3 Å². The normalized spacial score (nSPS) is 11.1. The van der Waals surface area contributed by atoms with E-state index in [1.807, 2.05) is 12.1 Å². The fourth-order valence-corrected chi connectivity index (χ4v) is 3.00. The van der Waals surface area contributed by atoms with Gasteiger partial charge in [0.1, 0.15) is 4.90 Å². The zero-order valence-corrected chi connectivity index (χ0v) is 11.6. The van der Waals surface area contributed by atoms with Crippen molar-refractivity contribution in [3.8, 4) is 0 Å². The number of nitrogens with zero attached hydrogens (tertiary/aromatic N) is 1. The minimum Gasteiger partial charge on any atom is -0.279 e. The molecular weight excluding hydrogens is 351 g/mol. The third-order valence-electron chi connectivity index (χ3n) is 2.06. The molecule has 0 atom stereocenters. The van der Waals surface area contributed by atoms with E-state index < -0.39 is 10.0 Å². The molecule has 1 N–H and O–H groups in total. The Balaban J connectivity index is 2.34. The highest BCUT2D eigenvalue weighted by atomic mass is 127. The van der Waals surface area contributed by atoms with Gasteiger partial charge in [0.25, 0.3) is 10.0 Å². The monoisotopic (exact) mass is 360 g/mol. The van der Waals surface area contributed by atoms with Gasteiger partial charge in [0.05, 0.1) is 5.69 Å². The van der Waals surface area contributed by atoms with Crippen molar-refractivity contribution in [3.63, 3.8) is 0 Å². The van der Waals surface area contributed by atoms with Crippen molar-refractivity contribution in [1.82, 2.24) is 4.98 Å². The average Bonchev–Trinajstić information content (AvgIpc) is 2.33. The van der Waals surface area contributed by atoms with Crippen molar-refractivity contribution in [3.05, 3.63) is 52.4 Å². The third kappa shape index (κ3) is 2.95. The Morgan fingerprint density at radius 3 is 2.53 bits per heavy atom. The molecule has 1 aromatic heterocycles. The molecule has 0 aliphatic carbocycles. The Morgan fingerprint density at radius 1 is 1.12 bits per heavy atom. The second-order valence-electron chi connectivity index (χ2n) is 3.27. The van der Waals surface area contributed by atoms with Crippen molar-refractivity contribution in [2.75, 3.05) is 4.72 Å². The molecule has 6 heteroatoms. The summed E-state index contributed by atoms with van der Waals surface area (Å²) in [7, 11) is -3.55. The molecular formula is C11H9IN2O2S. The SMILES string of the molecule is O=S(=O)(Nc1ccccc1I)c1cccnc1. The summed E-state index contributed by atoms with van der Waals surface area (Å²) in [6, 6.07) is 10.3. The quantitative estimate of drug-likeness (QED) is 0.856. The number of pyridine rings is 1. The van der Waals surface area contributed by atoms with E-state index in [1.54, 1.807) is 18.2 Å². The summed E-state index contributed by atoms with van der Waals surface area (Å²) in [4.78, 5) is 3.95. The summed E-state index contributed by atoms with van der Waals surface area (Å²) >= 11 is 2.08. The summed E-state index contributed by atoms with van der Waals surface area (Å²) in [5.74, 6) is 0. The van der Waals surface area contributed by atoms with Gasteiger partial charge in [-0.15, -0.1) is 0 Å². The lowest BCUT2D eigenvalue weighted by Crippen LogP contribution is -2.13. The van der Waals surface area contributed by atoms with Gasteiger partial charge in [-0.3, -0.25) is 9.71 Å². The minimum atomic E-state index is -3.55. The average molecular weight is 360 g/mol. The van der Waals surface area contributed by atoms with Crippen molar-refractivity contribution >= 4 is 38.3 Å². The Hall–Kier alpha value is -1.15. The zero-order chi connectivity index (χ0) is 12.3. The van der Waals surface area contributed by atoms with Crippen LogP contribution < -0.4 is 4.72 Å². The molecule has 0 unspecified atom stereocenters. The first-order valence-corrected chi connectivity index (χ1v) is 7.33. The Kier molecular flexibility index (Phi) is 3.63. The van der Waals surface area contributed by atoms with Gasteiger partial charge in [-0.25, -0.2) is 8.42 Å². The number of para-hydroxylation sites is 1. The van der Waals surface area contributed by atoms with E-state index in [1.165, 1.54) is 18.5 Å². The van der Waals surface area contributed by atoms with E-state index >= 15 is 0 Å². The first-order chi connectivity index (χ1) is 8.09. The van der Waals surface area contributed by atoms with Gasteiger partial charge in [0, 0.05) is 16.0 Å². The molecule has 0 saturated heterocycles. The molecule has 0 amide bonds. The second kappa shape index (κ2) is 5.01. The van der Waals surface area contributed by atoms with E-state index in [0.717, 1.165) is 3.57 Å². The van der Waals surface area contributed by atoms with Crippen LogP contribution in [0.3, 0.4) is 0 Å². The fraction of sp³-hybridized carbons (Fsp3) is 0. The smallest absolute Gasteiger partial charge is 0.263 e. The van der Waals surface area contributed by atoms with Gasteiger partial charge in [-0.05, 0) is 46.9 Å². The van der Waals surface area contributed by atoms with Crippen molar-refractivity contribution < 1.29 is 8.42 Å². The van der Waals surface area contributed by atoms with Crippen LogP contribution in [0.4, 0.5) is 5.69 Å². The maximum absolute atomic E-state index is 12.0. The topological polar surface area (TPSA) is 59.1 Å². The number of aromatic nitrogens is 1. The van der Waals surface area contributed by atoms with Crippen LogP contribution in [-0.2, 0) is 10.0 Å².